The smallest absolute Gasteiger partial charge is 0.234 e. The molecule has 0 aliphatic carbocycles. The Hall–Kier alpha value is -3.02. The van der Waals surface area contributed by atoms with Gasteiger partial charge in [0.15, 0.2) is 0 Å². The average molecular weight is 279 g/mol. The van der Waals surface area contributed by atoms with Gasteiger partial charge in [0.1, 0.15) is 6.33 Å². The number of hydrogen-bond donors (Lipinski definition) is 1. The van der Waals surface area contributed by atoms with Crippen molar-refractivity contribution in [3.05, 3.63) is 67.0 Å². The first kappa shape index (κ1) is 13.0. The molecule has 6 nitrogen and oxygen atoms in total. The lowest BCUT2D eigenvalue weighted by atomic mass is 10.1. The van der Waals surface area contributed by atoms with Gasteiger partial charge in [0, 0.05) is 12.4 Å². The summed E-state index contributed by atoms with van der Waals surface area (Å²) in [4.78, 5) is 24.2. The summed E-state index contributed by atoms with van der Waals surface area (Å²) in [7, 11) is 0. The minimum atomic E-state index is -0.0971. The monoisotopic (exact) mass is 279 g/mol. The predicted octanol–water partition coefficient (Wildman–Crippen LogP) is 1.84. The number of aromatic nitrogens is 4. The first-order chi connectivity index (χ1) is 10.3. The van der Waals surface area contributed by atoms with Crippen molar-refractivity contribution in [3.63, 3.8) is 0 Å². The molecule has 2 aromatic heterocycles. The van der Waals surface area contributed by atoms with Crippen LogP contribution in [-0.2, 0) is 11.2 Å². The van der Waals surface area contributed by atoms with Gasteiger partial charge in [-0.1, -0.05) is 30.3 Å². The quantitative estimate of drug-likeness (QED) is 0.791. The molecule has 1 amide bonds. The van der Waals surface area contributed by atoms with Gasteiger partial charge in [-0.25, -0.2) is 15.0 Å². The van der Waals surface area contributed by atoms with Crippen LogP contribution in [0.4, 0.5) is 5.69 Å². The van der Waals surface area contributed by atoms with Gasteiger partial charge in [-0.05, 0) is 5.56 Å². The van der Waals surface area contributed by atoms with Crippen molar-refractivity contribution in [1.82, 2.24) is 19.5 Å². The maximum atomic E-state index is 11.9. The molecule has 0 bridgehead atoms. The van der Waals surface area contributed by atoms with Gasteiger partial charge in [0.25, 0.3) is 0 Å². The summed E-state index contributed by atoms with van der Waals surface area (Å²) in [6.07, 6.45) is 8.49. The minimum Gasteiger partial charge on any atom is -0.323 e. The van der Waals surface area contributed by atoms with Crippen LogP contribution in [-0.4, -0.2) is 25.4 Å². The highest BCUT2D eigenvalue weighted by molar-refractivity contribution is 5.91. The molecule has 0 saturated carbocycles. The Kier molecular flexibility index (Phi) is 3.68. The van der Waals surface area contributed by atoms with E-state index in [1.807, 2.05) is 30.3 Å². The Bertz CT molecular complexity index is 708. The molecule has 0 atom stereocenters. The highest BCUT2D eigenvalue weighted by Gasteiger charge is 2.05. The molecular weight excluding hydrogens is 266 g/mol. The molecule has 104 valence electrons. The van der Waals surface area contributed by atoms with Crippen LogP contribution in [0.2, 0.25) is 0 Å². The van der Waals surface area contributed by atoms with Gasteiger partial charge in [0.2, 0.25) is 11.9 Å². The molecule has 2 heterocycles. The number of nitrogens with one attached hydrogen (secondary N) is 1. The van der Waals surface area contributed by atoms with Crippen molar-refractivity contribution in [2.75, 3.05) is 5.32 Å². The number of benzene rings is 1. The van der Waals surface area contributed by atoms with Crippen molar-refractivity contribution in [1.29, 1.82) is 0 Å². The predicted molar refractivity (Wildman–Crippen MR) is 77.9 cm³/mol. The number of carbonyl (C=O) groups is 1. The maximum Gasteiger partial charge on any atom is 0.234 e. The summed E-state index contributed by atoms with van der Waals surface area (Å²) < 4.78 is 1.69. The molecular formula is C15H13N5O. The van der Waals surface area contributed by atoms with E-state index in [0.29, 0.717) is 18.1 Å². The van der Waals surface area contributed by atoms with E-state index in [1.54, 1.807) is 35.7 Å². The van der Waals surface area contributed by atoms with Crippen LogP contribution in [0.5, 0.6) is 0 Å². The topological polar surface area (TPSA) is 72.7 Å². The van der Waals surface area contributed by atoms with E-state index in [-0.39, 0.29) is 5.91 Å². The Morgan fingerprint density at radius 1 is 1.14 bits per heavy atom. The van der Waals surface area contributed by atoms with Crippen molar-refractivity contribution in [3.8, 4) is 5.95 Å². The fourth-order valence-electron chi connectivity index (χ4n) is 1.88. The van der Waals surface area contributed by atoms with Crippen LogP contribution < -0.4 is 5.32 Å². The zero-order valence-electron chi connectivity index (χ0n) is 11.2. The molecule has 0 aliphatic heterocycles. The van der Waals surface area contributed by atoms with Crippen LogP contribution in [0.3, 0.4) is 0 Å². The van der Waals surface area contributed by atoms with Crippen LogP contribution in [0.1, 0.15) is 5.56 Å². The summed E-state index contributed by atoms with van der Waals surface area (Å²) in [5.41, 5.74) is 1.53. The van der Waals surface area contributed by atoms with E-state index in [2.05, 4.69) is 20.3 Å². The SMILES string of the molecule is O=C(Cc1ccccc1)Nc1cnc(-n2ccnc2)nc1. The van der Waals surface area contributed by atoms with Crippen LogP contribution in [0, 0.1) is 0 Å². The van der Waals surface area contributed by atoms with Crippen LogP contribution in [0.25, 0.3) is 5.95 Å². The molecule has 1 aromatic carbocycles. The molecule has 0 aliphatic rings. The second kappa shape index (κ2) is 5.96. The molecule has 0 unspecified atom stereocenters. The number of hydrogen-bond acceptors (Lipinski definition) is 4. The molecule has 0 radical (unpaired) electrons. The summed E-state index contributed by atoms with van der Waals surface area (Å²) >= 11 is 0. The number of imidazole rings is 1. The number of rotatable bonds is 4. The lowest BCUT2D eigenvalue weighted by Crippen LogP contribution is -2.15. The van der Waals surface area contributed by atoms with E-state index in [9.17, 15) is 4.79 Å². The maximum absolute atomic E-state index is 11.9. The third kappa shape index (κ3) is 3.30. The standard InChI is InChI=1S/C15H13N5O/c21-14(8-12-4-2-1-3-5-12)19-13-9-17-15(18-10-13)20-7-6-16-11-20/h1-7,9-11H,8H2,(H,19,21). The van der Waals surface area contributed by atoms with Crippen molar-refractivity contribution >= 4 is 11.6 Å². The highest BCUT2D eigenvalue weighted by Crippen LogP contribution is 2.07. The largest absolute Gasteiger partial charge is 0.323 e. The van der Waals surface area contributed by atoms with E-state index < -0.39 is 0 Å². The second-order valence-electron chi connectivity index (χ2n) is 4.45. The lowest BCUT2D eigenvalue weighted by molar-refractivity contribution is -0.115. The summed E-state index contributed by atoms with van der Waals surface area (Å²) in [5, 5.41) is 2.77. The third-order valence-electron chi connectivity index (χ3n) is 2.86. The van der Waals surface area contributed by atoms with E-state index in [4.69, 9.17) is 0 Å². The number of amides is 1. The van der Waals surface area contributed by atoms with Crippen molar-refractivity contribution in [2.45, 2.75) is 6.42 Å². The Morgan fingerprint density at radius 3 is 2.57 bits per heavy atom. The molecule has 21 heavy (non-hydrogen) atoms. The van der Waals surface area contributed by atoms with Gasteiger partial charge in [-0.3, -0.25) is 9.36 Å². The summed E-state index contributed by atoms with van der Waals surface area (Å²) in [6, 6.07) is 9.57. The summed E-state index contributed by atoms with van der Waals surface area (Å²) in [5.74, 6) is 0.411. The van der Waals surface area contributed by atoms with Crippen molar-refractivity contribution < 1.29 is 4.79 Å². The van der Waals surface area contributed by atoms with Gasteiger partial charge in [-0.15, -0.1) is 0 Å². The number of anilines is 1. The number of carbonyl (C=O) groups excluding carboxylic acids is 1. The van der Waals surface area contributed by atoms with Gasteiger partial charge in [0.05, 0.1) is 24.5 Å². The average Bonchev–Trinajstić information content (AvgIpc) is 3.03. The minimum absolute atomic E-state index is 0.0971. The molecule has 6 heteroatoms. The molecule has 0 fully saturated rings. The third-order valence-corrected chi connectivity index (χ3v) is 2.86. The fourth-order valence-corrected chi connectivity index (χ4v) is 1.88. The van der Waals surface area contributed by atoms with Crippen molar-refractivity contribution in [2.24, 2.45) is 0 Å². The zero-order chi connectivity index (χ0) is 14.5. The van der Waals surface area contributed by atoms with Gasteiger partial charge in [-0.2, -0.15) is 0 Å². The Balaban J connectivity index is 1.64. The lowest BCUT2D eigenvalue weighted by Gasteiger charge is -2.05. The van der Waals surface area contributed by atoms with E-state index >= 15 is 0 Å². The van der Waals surface area contributed by atoms with Crippen LogP contribution in [0.15, 0.2) is 61.4 Å². The highest BCUT2D eigenvalue weighted by atomic mass is 16.1. The Morgan fingerprint density at radius 2 is 1.90 bits per heavy atom. The molecule has 0 spiro atoms. The van der Waals surface area contributed by atoms with E-state index in [1.165, 1.54) is 0 Å². The Labute approximate surface area is 121 Å². The van der Waals surface area contributed by atoms with Crippen LogP contribution >= 0.6 is 0 Å². The number of nitrogens with zero attached hydrogens (tertiary/aromatic N) is 4. The van der Waals surface area contributed by atoms with Gasteiger partial charge >= 0.3 is 0 Å². The molecule has 1 N–H and O–H groups in total. The molecule has 3 aromatic rings. The van der Waals surface area contributed by atoms with Gasteiger partial charge < -0.3 is 5.32 Å². The molecule has 3 rings (SSSR count). The normalized spacial score (nSPS) is 10.3. The zero-order valence-corrected chi connectivity index (χ0v) is 11.2. The summed E-state index contributed by atoms with van der Waals surface area (Å²) in [6.45, 7) is 0. The molecule has 0 saturated heterocycles. The van der Waals surface area contributed by atoms with E-state index in [0.717, 1.165) is 5.56 Å². The first-order valence-corrected chi connectivity index (χ1v) is 6.45. The second-order valence-corrected chi connectivity index (χ2v) is 4.45. The first-order valence-electron chi connectivity index (χ1n) is 6.45. The fraction of sp³-hybridized carbons (Fsp3) is 0.0667.